The van der Waals surface area contributed by atoms with Crippen LogP contribution in [-0.4, -0.2) is 43.4 Å². The van der Waals surface area contributed by atoms with Crippen LogP contribution in [0.25, 0.3) is 0 Å². The molecule has 0 spiro atoms. The molecule has 0 unspecified atom stereocenters. The van der Waals surface area contributed by atoms with E-state index in [-0.39, 0.29) is 17.9 Å². The molecule has 7 nitrogen and oxygen atoms in total. The maximum atomic E-state index is 13.0. The summed E-state index contributed by atoms with van der Waals surface area (Å²) in [6, 6.07) is 7.27. The molecule has 1 aliphatic rings. The third kappa shape index (κ3) is 4.90. The predicted octanol–water partition coefficient (Wildman–Crippen LogP) is 3.55. The van der Waals surface area contributed by atoms with Gasteiger partial charge >= 0.3 is 0 Å². The zero-order chi connectivity index (χ0) is 21.0. The molecule has 2 atom stereocenters. The van der Waals surface area contributed by atoms with Crippen molar-refractivity contribution in [3.63, 3.8) is 0 Å². The van der Waals surface area contributed by atoms with Crippen LogP contribution in [0.4, 0.5) is 5.82 Å². The molecule has 0 saturated carbocycles. The number of carbonyl (C=O) groups excluding carboxylic acids is 1. The lowest BCUT2D eigenvalue weighted by molar-refractivity contribution is -0.125. The minimum absolute atomic E-state index is 0.0401. The van der Waals surface area contributed by atoms with Crippen molar-refractivity contribution in [2.75, 3.05) is 32.2 Å². The third-order valence-electron chi connectivity index (χ3n) is 5.33. The van der Waals surface area contributed by atoms with E-state index >= 15 is 0 Å². The average molecular weight is 419 g/mol. The van der Waals surface area contributed by atoms with E-state index in [1.807, 2.05) is 32.0 Å². The average Bonchev–Trinajstić information content (AvgIpc) is 2.73. The number of piperidine rings is 1. The van der Waals surface area contributed by atoms with Gasteiger partial charge in [0.2, 0.25) is 5.91 Å². The van der Waals surface area contributed by atoms with Gasteiger partial charge in [-0.1, -0.05) is 11.6 Å². The predicted molar refractivity (Wildman–Crippen MR) is 113 cm³/mol. The summed E-state index contributed by atoms with van der Waals surface area (Å²) in [4.78, 5) is 15.0. The lowest BCUT2D eigenvalue weighted by atomic mass is 9.95. The van der Waals surface area contributed by atoms with Gasteiger partial charge in [0.25, 0.3) is 0 Å². The monoisotopic (exact) mass is 418 g/mol. The summed E-state index contributed by atoms with van der Waals surface area (Å²) in [7, 11) is 3.22. The van der Waals surface area contributed by atoms with Crippen LogP contribution >= 0.6 is 11.6 Å². The first-order valence-electron chi connectivity index (χ1n) is 9.70. The van der Waals surface area contributed by atoms with E-state index in [4.69, 9.17) is 21.1 Å². The molecule has 1 saturated heterocycles. The number of aromatic nitrogens is 2. The summed E-state index contributed by atoms with van der Waals surface area (Å²) in [5.41, 5.74) is 2.05. The van der Waals surface area contributed by atoms with Gasteiger partial charge in [-0.15, -0.1) is 10.2 Å². The number of anilines is 1. The Morgan fingerprint density at radius 2 is 1.97 bits per heavy atom. The number of aryl methyl sites for hydroxylation is 1. The van der Waals surface area contributed by atoms with E-state index in [0.29, 0.717) is 23.2 Å². The molecule has 0 radical (unpaired) electrons. The Balaban J connectivity index is 1.68. The van der Waals surface area contributed by atoms with Crippen molar-refractivity contribution >= 4 is 23.3 Å². The molecule has 1 aromatic carbocycles. The summed E-state index contributed by atoms with van der Waals surface area (Å²) >= 11 is 5.83. The Kier molecular flexibility index (Phi) is 6.79. The fraction of sp³-hybridized carbons (Fsp3) is 0.476. The zero-order valence-corrected chi connectivity index (χ0v) is 18.0. The molecule has 0 bridgehead atoms. The summed E-state index contributed by atoms with van der Waals surface area (Å²) in [6.45, 7) is 5.45. The van der Waals surface area contributed by atoms with E-state index in [9.17, 15) is 4.79 Å². The number of methoxy groups -OCH3 is 2. The molecule has 0 aliphatic carbocycles. The Labute approximate surface area is 176 Å². The second kappa shape index (κ2) is 9.31. The number of ether oxygens (including phenoxy) is 2. The van der Waals surface area contributed by atoms with E-state index in [1.165, 1.54) is 0 Å². The van der Waals surface area contributed by atoms with Gasteiger partial charge in [0.1, 0.15) is 0 Å². The van der Waals surface area contributed by atoms with Crippen LogP contribution in [0.5, 0.6) is 11.5 Å². The summed E-state index contributed by atoms with van der Waals surface area (Å²) in [6.07, 6.45) is 1.77. The van der Waals surface area contributed by atoms with Gasteiger partial charge in [-0.2, -0.15) is 0 Å². The number of halogens is 1. The van der Waals surface area contributed by atoms with Crippen molar-refractivity contribution in [2.45, 2.75) is 32.7 Å². The Morgan fingerprint density at radius 1 is 1.24 bits per heavy atom. The molecule has 1 aliphatic heterocycles. The number of rotatable bonds is 6. The lowest BCUT2D eigenvalue weighted by Gasteiger charge is -2.33. The standard InChI is InChI=1S/C21H27ClN4O3/c1-13-10-17(28-3)18(29-4)11-16(13)14(2)23-21(27)15-6-5-9-26(12-15)20-8-7-19(22)24-25-20/h7-8,10-11,14-15H,5-6,9,12H2,1-4H3,(H,23,27)/t14-,15+/m1/s1. The number of benzene rings is 1. The van der Waals surface area contributed by atoms with Gasteiger partial charge in [0, 0.05) is 13.1 Å². The summed E-state index contributed by atoms with van der Waals surface area (Å²) in [5.74, 6) is 2.01. The maximum absolute atomic E-state index is 13.0. The summed E-state index contributed by atoms with van der Waals surface area (Å²) < 4.78 is 10.8. The van der Waals surface area contributed by atoms with Crippen LogP contribution in [0, 0.1) is 12.8 Å². The van der Waals surface area contributed by atoms with Gasteiger partial charge in [-0.25, -0.2) is 0 Å². The molecule has 156 valence electrons. The third-order valence-corrected chi connectivity index (χ3v) is 5.53. The van der Waals surface area contributed by atoms with Gasteiger partial charge in [-0.3, -0.25) is 4.79 Å². The van der Waals surface area contributed by atoms with Gasteiger partial charge in [-0.05, 0) is 62.1 Å². The topological polar surface area (TPSA) is 76.6 Å². The van der Waals surface area contributed by atoms with E-state index in [1.54, 1.807) is 20.3 Å². The first-order valence-corrected chi connectivity index (χ1v) is 10.1. The Morgan fingerprint density at radius 3 is 2.62 bits per heavy atom. The number of nitrogens with one attached hydrogen (secondary N) is 1. The normalized spacial score (nSPS) is 17.6. The highest BCUT2D eigenvalue weighted by Gasteiger charge is 2.28. The molecular weight excluding hydrogens is 392 g/mol. The highest BCUT2D eigenvalue weighted by Crippen LogP contribution is 2.33. The molecule has 2 aromatic rings. The van der Waals surface area contributed by atoms with Crippen molar-refractivity contribution in [3.05, 3.63) is 40.5 Å². The van der Waals surface area contributed by atoms with Gasteiger partial charge < -0.3 is 19.7 Å². The van der Waals surface area contributed by atoms with E-state index < -0.39 is 0 Å². The number of amides is 1. The SMILES string of the molecule is COc1cc(C)c([C@@H](C)NC(=O)[C@H]2CCCN(c3ccc(Cl)nn3)C2)cc1OC. The first-order chi connectivity index (χ1) is 13.9. The smallest absolute Gasteiger partial charge is 0.225 e. The van der Waals surface area contributed by atoms with Gasteiger partial charge in [0.05, 0.1) is 26.2 Å². The Bertz CT molecular complexity index is 860. The van der Waals surface area contributed by atoms with Crippen molar-refractivity contribution in [1.29, 1.82) is 0 Å². The Hall–Kier alpha value is -2.54. The van der Waals surface area contributed by atoms with Crippen molar-refractivity contribution < 1.29 is 14.3 Å². The number of carbonyl (C=O) groups is 1. The van der Waals surface area contributed by atoms with Crippen LogP contribution in [-0.2, 0) is 4.79 Å². The van der Waals surface area contributed by atoms with Crippen LogP contribution in [0.1, 0.15) is 36.9 Å². The molecular formula is C21H27ClN4O3. The van der Waals surface area contributed by atoms with Gasteiger partial charge in [0.15, 0.2) is 22.5 Å². The largest absolute Gasteiger partial charge is 0.493 e. The minimum Gasteiger partial charge on any atom is -0.493 e. The quantitative estimate of drug-likeness (QED) is 0.773. The second-order valence-electron chi connectivity index (χ2n) is 7.29. The van der Waals surface area contributed by atoms with E-state index in [2.05, 4.69) is 20.4 Å². The van der Waals surface area contributed by atoms with Crippen LogP contribution < -0.4 is 19.7 Å². The molecule has 8 heteroatoms. The number of hydrogen-bond donors (Lipinski definition) is 1. The lowest BCUT2D eigenvalue weighted by Crippen LogP contribution is -2.44. The minimum atomic E-state index is -0.145. The van der Waals surface area contributed by atoms with Crippen LogP contribution in [0.3, 0.4) is 0 Å². The highest BCUT2D eigenvalue weighted by atomic mass is 35.5. The van der Waals surface area contributed by atoms with Crippen molar-refractivity contribution in [1.82, 2.24) is 15.5 Å². The van der Waals surface area contributed by atoms with Crippen molar-refractivity contribution in [3.8, 4) is 11.5 Å². The molecule has 1 amide bonds. The fourth-order valence-electron chi connectivity index (χ4n) is 3.75. The maximum Gasteiger partial charge on any atom is 0.225 e. The molecule has 1 fully saturated rings. The molecule has 3 rings (SSSR count). The fourth-order valence-corrected chi connectivity index (χ4v) is 3.85. The van der Waals surface area contributed by atoms with Crippen LogP contribution in [0.2, 0.25) is 5.15 Å². The summed E-state index contributed by atoms with van der Waals surface area (Å²) in [5, 5.41) is 11.6. The second-order valence-corrected chi connectivity index (χ2v) is 7.68. The first kappa shape index (κ1) is 21.2. The van der Waals surface area contributed by atoms with E-state index in [0.717, 1.165) is 36.3 Å². The van der Waals surface area contributed by atoms with Crippen molar-refractivity contribution in [2.24, 2.45) is 5.92 Å². The molecule has 2 heterocycles. The number of hydrogen-bond acceptors (Lipinski definition) is 6. The number of nitrogens with zero attached hydrogens (tertiary/aromatic N) is 3. The van der Waals surface area contributed by atoms with Crippen LogP contribution in [0.15, 0.2) is 24.3 Å². The molecule has 1 aromatic heterocycles. The molecule has 1 N–H and O–H groups in total. The highest BCUT2D eigenvalue weighted by molar-refractivity contribution is 6.29. The zero-order valence-electron chi connectivity index (χ0n) is 17.2. The molecule has 29 heavy (non-hydrogen) atoms.